The van der Waals surface area contributed by atoms with Crippen LogP contribution >= 0.6 is 43.2 Å². The maximum atomic E-state index is 12.6. The third-order valence-electron chi connectivity index (χ3n) is 3.42. The number of carboxylic acid groups (broad SMARTS) is 1. The largest absolute Gasteiger partial charge is 0.479 e. The Morgan fingerprint density at radius 2 is 1.88 bits per heavy atom. The number of rotatable bonds is 6. The second kappa shape index (κ2) is 8.82. The molecule has 0 saturated heterocycles. The van der Waals surface area contributed by atoms with Gasteiger partial charge >= 0.3 is 12.1 Å². The zero-order valence-electron chi connectivity index (χ0n) is 13.6. The quantitative estimate of drug-likeness (QED) is 0.584. The van der Waals surface area contributed by atoms with E-state index in [4.69, 9.17) is 4.74 Å². The molecule has 2 aromatic rings. The predicted molar refractivity (Wildman–Crippen MR) is 104 cm³/mol. The number of hydrogen-bond donors (Lipinski definition) is 1. The number of nitrogens with zero attached hydrogens (tertiary/aromatic N) is 1. The number of carboxylic acids is 1. The van der Waals surface area contributed by atoms with Crippen LogP contribution < -0.4 is 0 Å². The maximum absolute atomic E-state index is 12.6. The number of thiophene rings is 1. The molecule has 0 aliphatic carbocycles. The van der Waals surface area contributed by atoms with Crippen LogP contribution in [0.25, 0.3) is 0 Å². The van der Waals surface area contributed by atoms with Gasteiger partial charge < -0.3 is 9.84 Å². The van der Waals surface area contributed by atoms with Crippen molar-refractivity contribution in [3.05, 3.63) is 55.1 Å². The fraction of sp³-hybridized carbons (Fsp3) is 0.294. The minimum absolute atomic E-state index is 0.0903. The molecule has 0 aliphatic heterocycles. The van der Waals surface area contributed by atoms with E-state index in [1.165, 1.54) is 16.2 Å². The third-order valence-corrected chi connectivity index (χ3v) is 6.73. The summed E-state index contributed by atoms with van der Waals surface area (Å²) in [6, 6.07) is 9.50. The summed E-state index contributed by atoms with van der Waals surface area (Å²) in [7, 11) is 0. The SMILES string of the molecule is CC(C)N(C(=O)OCc1ccccc1)C(C(=O)O)c1cc(Br)c(Br)s1. The average Bonchev–Trinajstić information content (AvgIpc) is 2.89. The molecule has 25 heavy (non-hydrogen) atoms. The Hall–Kier alpha value is -1.38. The molecule has 8 heteroatoms. The standard InChI is InChI=1S/C17H17Br2NO4S/c1-10(2)20(17(23)24-9-11-6-4-3-5-7-11)14(16(21)22)13-8-12(18)15(19)25-13/h3-8,10,14H,9H2,1-2H3,(H,21,22). The van der Waals surface area contributed by atoms with E-state index in [0.29, 0.717) is 4.88 Å². The van der Waals surface area contributed by atoms with Crippen molar-refractivity contribution in [1.82, 2.24) is 4.90 Å². The van der Waals surface area contributed by atoms with Gasteiger partial charge in [-0.15, -0.1) is 11.3 Å². The maximum Gasteiger partial charge on any atom is 0.411 e. The molecule has 134 valence electrons. The number of aliphatic carboxylic acids is 1. The Labute approximate surface area is 166 Å². The van der Waals surface area contributed by atoms with Gasteiger partial charge in [-0.1, -0.05) is 30.3 Å². The van der Waals surface area contributed by atoms with Gasteiger partial charge in [0.15, 0.2) is 6.04 Å². The molecule has 2 rings (SSSR count). The van der Waals surface area contributed by atoms with Gasteiger partial charge in [0.1, 0.15) is 6.61 Å². The molecule has 0 radical (unpaired) electrons. The van der Waals surface area contributed by atoms with Crippen LogP contribution in [0.2, 0.25) is 0 Å². The van der Waals surface area contributed by atoms with E-state index >= 15 is 0 Å². The van der Waals surface area contributed by atoms with E-state index < -0.39 is 18.1 Å². The van der Waals surface area contributed by atoms with Crippen LogP contribution in [-0.2, 0) is 16.1 Å². The Morgan fingerprint density at radius 1 is 1.24 bits per heavy atom. The zero-order valence-corrected chi connectivity index (χ0v) is 17.6. The lowest BCUT2D eigenvalue weighted by Crippen LogP contribution is -2.43. The Morgan fingerprint density at radius 3 is 2.36 bits per heavy atom. The Balaban J connectivity index is 2.23. The summed E-state index contributed by atoms with van der Waals surface area (Å²) in [5.74, 6) is -1.10. The van der Waals surface area contributed by atoms with Crippen molar-refractivity contribution in [2.24, 2.45) is 0 Å². The summed E-state index contributed by atoms with van der Waals surface area (Å²) in [4.78, 5) is 26.2. The van der Waals surface area contributed by atoms with Crippen LogP contribution in [-0.4, -0.2) is 28.1 Å². The number of ether oxygens (including phenoxy) is 1. The fourth-order valence-electron chi connectivity index (χ4n) is 2.28. The fourth-order valence-corrected chi connectivity index (χ4v) is 4.47. The van der Waals surface area contributed by atoms with E-state index in [1.54, 1.807) is 19.9 Å². The molecule has 1 N–H and O–H groups in total. The van der Waals surface area contributed by atoms with Gasteiger partial charge in [-0.05, 0) is 57.3 Å². The van der Waals surface area contributed by atoms with Crippen molar-refractivity contribution in [1.29, 1.82) is 0 Å². The minimum Gasteiger partial charge on any atom is -0.479 e. The van der Waals surface area contributed by atoms with Crippen LogP contribution in [0, 0.1) is 0 Å². The number of hydrogen-bond acceptors (Lipinski definition) is 4. The third kappa shape index (κ3) is 5.05. The highest BCUT2D eigenvalue weighted by molar-refractivity contribution is 9.13. The summed E-state index contributed by atoms with van der Waals surface area (Å²) >= 11 is 7.98. The summed E-state index contributed by atoms with van der Waals surface area (Å²) in [5.41, 5.74) is 0.841. The first kappa shape index (κ1) is 19.9. The molecule has 0 bridgehead atoms. The minimum atomic E-state index is -1.11. The van der Waals surface area contributed by atoms with Crippen molar-refractivity contribution in [3.8, 4) is 0 Å². The lowest BCUT2D eigenvalue weighted by atomic mass is 10.1. The second-order valence-corrected chi connectivity index (χ2v) is 8.81. The van der Waals surface area contributed by atoms with Gasteiger partial charge in [0.25, 0.3) is 0 Å². The van der Waals surface area contributed by atoms with Gasteiger partial charge in [0.2, 0.25) is 0 Å². The lowest BCUT2D eigenvalue weighted by Gasteiger charge is -2.31. The molecule has 1 atom stereocenters. The van der Waals surface area contributed by atoms with Crippen LogP contribution in [0.3, 0.4) is 0 Å². The molecule has 1 aromatic heterocycles. The number of carbonyl (C=O) groups is 2. The average molecular weight is 491 g/mol. The van der Waals surface area contributed by atoms with Crippen molar-refractivity contribution < 1.29 is 19.4 Å². The normalized spacial score (nSPS) is 12.0. The van der Waals surface area contributed by atoms with Gasteiger partial charge in [0, 0.05) is 15.4 Å². The summed E-state index contributed by atoms with van der Waals surface area (Å²) < 4.78 is 6.87. The lowest BCUT2D eigenvalue weighted by molar-refractivity contribution is -0.143. The topological polar surface area (TPSA) is 66.8 Å². The number of halogens is 2. The molecule has 0 fully saturated rings. The second-order valence-electron chi connectivity index (χ2n) is 5.55. The van der Waals surface area contributed by atoms with E-state index in [9.17, 15) is 14.7 Å². The number of amides is 1. The van der Waals surface area contributed by atoms with Gasteiger partial charge in [-0.25, -0.2) is 9.59 Å². The molecular weight excluding hydrogens is 474 g/mol. The Kier molecular flexibility index (Phi) is 7.04. The first-order chi connectivity index (χ1) is 11.8. The molecule has 0 spiro atoms. The molecule has 1 unspecified atom stereocenters. The van der Waals surface area contributed by atoms with Crippen LogP contribution in [0.5, 0.6) is 0 Å². The molecule has 5 nitrogen and oxygen atoms in total. The highest BCUT2D eigenvalue weighted by Gasteiger charge is 2.36. The molecule has 0 saturated carbocycles. The number of benzene rings is 1. The smallest absolute Gasteiger partial charge is 0.411 e. The van der Waals surface area contributed by atoms with Crippen molar-refractivity contribution in [2.75, 3.05) is 0 Å². The van der Waals surface area contributed by atoms with Crippen LogP contribution in [0.15, 0.2) is 44.7 Å². The molecule has 1 amide bonds. The van der Waals surface area contributed by atoms with Crippen molar-refractivity contribution in [3.63, 3.8) is 0 Å². The number of carbonyl (C=O) groups excluding carboxylic acids is 1. The van der Waals surface area contributed by atoms with Crippen molar-refractivity contribution in [2.45, 2.75) is 32.5 Å². The van der Waals surface area contributed by atoms with Crippen LogP contribution in [0.4, 0.5) is 4.79 Å². The highest BCUT2D eigenvalue weighted by atomic mass is 79.9. The molecule has 1 aromatic carbocycles. The molecular formula is C17H17Br2NO4S. The first-order valence-electron chi connectivity index (χ1n) is 7.47. The van der Waals surface area contributed by atoms with Gasteiger partial charge in [-0.2, -0.15) is 0 Å². The van der Waals surface area contributed by atoms with Gasteiger partial charge in [-0.3, -0.25) is 4.90 Å². The first-order valence-corrected chi connectivity index (χ1v) is 9.88. The van der Waals surface area contributed by atoms with Crippen LogP contribution in [0.1, 0.15) is 30.3 Å². The highest BCUT2D eigenvalue weighted by Crippen LogP contribution is 2.38. The zero-order chi connectivity index (χ0) is 18.6. The summed E-state index contributed by atoms with van der Waals surface area (Å²) in [6.45, 7) is 3.61. The van der Waals surface area contributed by atoms with E-state index in [0.717, 1.165) is 13.8 Å². The van der Waals surface area contributed by atoms with E-state index in [1.807, 2.05) is 30.3 Å². The monoisotopic (exact) mass is 489 g/mol. The molecule has 0 aliphatic rings. The van der Waals surface area contributed by atoms with E-state index in [2.05, 4.69) is 31.9 Å². The molecule has 1 heterocycles. The van der Waals surface area contributed by atoms with Crippen molar-refractivity contribution >= 4 is 55.3 Å². The van der Waals surface area contributed by atoms with Gasteiger partial charge in [0.05, 0.1) is 3.79 Å². The predicted octanol–water partition coefficient (Wildman–Crippen LogP) is 5.45. The van der Waals surface area contributed by atoms with E-state index in [-0.39, 0.29) is 12.6 Å². The summed E-state index contributed by atoms with van der Waals surface area (Å²) in [5, 5.41) is 9.71. The Bertz CT molecular complexity index is 729. The summed E-state index contributed by atoms with van der Waals surface area (Å²) in [6.07, 6.45) is -0.660.